The zero-order valence-electron chi connectivity index (χ0n) is 17.6. The molecule has 32 heavy (non-hydrogen) atoms. The smallest absolute Gasteiger partial charge is 0.296 e. The van der Waals surface area contributed by atoms with Gasteiger partial charge in [0, 0.05) is 46.3 Å². The van der Waals surface area contributed by atoms with Gasteiger partial charge in [-0.25, -0.2) is 4.98 Å². The lowest BCUT2D eigenvalue weighted by molar-refractivity contribution is -0.112. The van der Waals surface area contributed by atoms with Crippen LogP contribution in [-0.4, -0.2) is 48.0 Å². The summed E-state index contributed by atoms with van der Waals surface area (Å²) >= 11 is 1.61. The number of hydrogen-bond acceptors (Lipinski definition) is 6. The fourth-order valence-electron chi connectivity index (χ4n) is 3.89. The molecule has 4 aromatic rings. The normalized spacial score (nSPS) is 14.0. The van der Waals surface area contributed by atoms with Gasteiger partial charge in [-0.15, -0.1) is 11.3 Å². The van der Waals surface area contributed by atoms with E-state index in [2.05, 4.69) is 15.2 Å². The Balaban J connectivity index is 1.29. The molecule has 1 aliphatic heterocycles. The van der Waals surface area contributed by atoms with E-state index < -0.39 is 11.7 Å². The van der Waals surface area contributed by atoms with Crippen molar-refractivity contribution in [1.29, 1.82) is 0 Å². The maximum atomic E-state index is 12.8. The molecule has 0 atom stereocenters. The fraction of sp³-hybridized carbons (Fsp3) is 0.208. The van der Waals surface area contributed by atoms with Crippen LogP contribution in [-0.2, 0) is 9.53 Å². The Morgan fingerprint density at radius 2 is 1.84 bits per heavy atom. The van der Waals surface area contributed by atoms with Crippen LogP contribution in [0, 0.1) is 6.92 Å². The Hall–Kier alpha value is -3.49. The van der Waals surface area contributed by atoms with Crippen LogP contribution < -0.4 is 10.2 Å². The summed E-state index contributed by atoms with van der Waals surface area (Å²) in [6, 6.07) is 14.8. The van der Waals surface area contributed by atoms with Gasteiger partial charge in [0.2, 0.25) is 0 Å². The van der Waals surface area contributed by atoms with Crippen molar-refractivity contribution < 1.29 is 14.3 Å². The Morgan fingerprint density at radius 3 is 2.62 bits per heavy atom. The molecule has 0 bridgehead atoms. The van der Waals surface area contributed by atoms with E-state index in [0.717, 1.165) is 53.6 Å². The number of Topliss-reactive ketones (excluding diaryl/α,β-unsaturated/α-hetero) is 1. The maximum Gasteiger partial charge on any atom is 0.296 e. The Kier molecular flexibility index (Phi) is 5.46. The number of carbonyl (C=O) groups is 2. The summed E-state index contributed by atoms with van der Waals surface area (Å²) in [6.07, 6.45) is 0. The van der Waals surface area contributed by atoms with E-state index in [1.165, 1.54) is 0 Å². The number of H-pyrrole nitrogens is 1. The van der Waals surface area contributed by atoms with E-state index in [1.807, 2.05) is 41.8 Å². The number of hydrogen-bond donors (Lipinski definition) is 2. The first-order chi connectivity index (χ1) is 15.6. The summed E-state index contributed by atoms with van der Waals surface area (Å²) in [5.74, 6) is -1.22. The second-order valence-electron chi connectivity index (χ2n) is 7.65. The topological polar surface area (TPSA) is 87.3 Å². The lowest BCUT2D eigenvalue weighted by Gasteiger charge is -2.26. The van der Waals surface area contributed by atoms with Gasteiger partial charge in [0.05, 0.1) is 24.5 Å². The molecule has 0 aliphatic carbocycles. The van der Waals surface area contributed by atoms with Crippen molar-refractivity contribution in [3.63, 3.8) is 0 Å². The number of morpholine rings is 1. The molecule has 1 saturated heterocycles. The highest BCUT2D eigenvalue weighted by Crippen LogP contribution is 2.29. The van der Waals surface area contributed by atoms with Gasteiger partial charge in [-0.2, -0.15) is 0 Å². The number of nitrogens with zero attached hydrogens (tertiary/aromatic N) is 2. The fourth-order valence-corrected chi connectivity index (χ4v) is 4.78. The first-order valence-electron chi connectivity index (χ1n) is 10.4. The average molecular weight is 447 g/mol. The van der Waals surface area contributed by atoms with Gasteiger partial charge in [0.15, 0.2) is 5.13 Å². The molecule has 1 aliphatic rings. The first kappa shape index (κ1) is 20.4. The molecule has 1 fully saturated rings. The van der Waals surface area contributed by atoms with Gasteiger partial charge in [0.1, 0.15) is 0 Å². The van der Waals surface area contributed by atoms with Gasteiger partial charge in [0.25, 0.3) is 11.7 Å². The molecule has 2 aromatic carbocycles. The van der Waals surface area contributed by atoms with Crippen LogP contribution in [0.25, 0.3) is 22.2 Å². The van der Waals surface area contributed by atoms with Crippen molar-refractivity contribution in [1.82, 2.24) is 9.97 Å². The van der Waals surface area contributed by atoms with Gasteiger partial charge in [-0.1, -0.05) is 30.3 Å². The molecule has 7 nitrogen and oxygen atoms in total. The maximum absolute atomic E-state index is 12.8. The molecule has 0 radical (unpaired) electrons. The number of rotatable bonds is 5. The number of thiazole rings is 1. The Labute approximate surface area is 189 Å². The second kappa shape index (κ2) is 8.57. The minimum Gasteiger partial charge on any atom is -0.378 e. The third-order valence-electron chi connectivity index (χ3n) is 5.54. The van der Waals surface area contributed by atoms with E-state index in [9.17, 15) is 9.59 Å². The average Bonchev–Trinajstić information content (AvgIpc) is 3.44. The molecule has 5 rings (SSSR count). The number of amides is 1. The minimum absolute atomic E-state index is 0.410. The summed E-state index contributed by atoms with van der Waals surface area (Å²) in [7, 11) is 0. The molecule has 2 aromatic heterocycles. The number of aryl methyl sites for hydroxylation is 1. The Bertz CT molecular complexity index is 1290. The van der Waals surface area contributed by atoms with Crippen LogP contribution in [0.3, 0.4) is 0 Å². The highest BCUT2D eigenvalue weighted by molar-refractivity contribution is 7.14. The lowest BCUT2D eigenvalue weighted by atomic mass is 10.1. The van der Waals surface area contributed by atoms with Crippen LogP contribution in [0.2, 0.25) is 0 Å². The van der Waals surface area contributed by atoms with Crippen molar-refractivity contribution in [3.05, 3.63) is 65.2 Å². The monoisotopic (exact) mass is 446 g/mol. The summed E-state index contributed by atoms with van der Waals surface area (Å²) in [4.78, 5) is 35.6. The first-order valence-corrected chi connectivity index (χ1v) is 11.3. The predicted molar refractivity (Wildman–Crippen MR) is 127 cm³/mol. The number of carbonyl (C=O) groups excluding carboxylic acids is 2. The largest absolute Gasteiger partial charge is 0.378 e. The molecule has 2 N–H and O–H groups in total. The third-order valence-corrected chi connectivity index (χ3v) is 6.44. The summed E-state index contributed by atoms with van der Waals surface area (Å²) < 4.78 is 5.40. The standard InChI is InChI=1S/C24H22N4O3S/c1-15-21(18-4-2-3-5-19(18)25-15)22(29)23(30)26-17-8-6-16(7-9-17)20-14-32-24(27-20)28-10-12-31-13-11-28/h2-9,14,25H,10-13H2,1H3,(H,26,30). The van der Waals surface area contributed by atoms with E-state index in [1.54, 1.807) is 30.4 Å². The molecular weight excluding hydrogens is 424 g/mol. The Morgan fingerprint density at radius 1 is 1.09 bits per heavy atom. The zero-order valence-corrected chi connectivity index (χ0v) is 18.4. The van der Waals surface area contributed by atoms with Crippen LogP contribution in [0.1, 0.15) is 16.1 Å². The number of aromatic amines is 1. The molecule has 0 unspecified atom stereocenters. The van der Waals surface area contributed by atoms with Crippen LogP contribution >= 0.6 is 11.3 Å². The molecule has 3 heterocycles. The summed E-state index contributed by atoms with van der Waals surface area (Å²) in [5.41, 5.74) is 4.34. The van der Waals surface area contributed by atoms with Gasteiger partial charge < -0.3 is 19.9 Å². The van der Waals surface area contributed by atoms with Crippen LogP contribution in [0.5, 0.6) is 0 Å². The SMILES string of the molecule is Cc1[nH]c2ccccc2c1C(=O)C(=O)Nc1ccc(-c2csc(N3CCOCC3)n2)cc1. The number of ether oxygens (including phenoxy) is 1. The van der Waals surface area contributed by atoms with E-state index in [-0.39, 0.29) is 0 Å². The van der Waals surface area contributed by atoms with Crippen molar-refractivity contribution in [2.24, 2.45) is 0 Å². The molecule has 8 heteroatoms. The quantitative estimate of drug-likeness (QED) is 0.353. The van der Waals surface area contributed by atoms with Gasteiger partial charge in [-0.05, 0) is 25.1 Å². The summed E-state index contributed by atoms with van der Waals surface area (Å²) in [6.45, 7) is 4.94. The highest BCUT2D eigenvalue weighted by atomic mass is 32.1. The second-order valence-corrected chi connectivity index (χ2v) is 8.48. The van der Waals surface area contributed by atoms with Crippen LogP contribution in [0.15, 0.2) is 53.9 Å². The number of para-hydroxylation sites is 1. The van der Waals surface area contributed by atoms with E-state index in [0.29, 0.717) is 16.9 Å². The van der Waals surface area contributed by atoms with Crippen molar-refractivity contribution >= 4 is 44.7 Å². The van der Waals surface area contributed by atoms with Gasteiger partial charge in [-0.3, -0.25) is 9.59 Å². The number of anilines is 2. The lowest BCUT2D eigenvalue weighted by Crippen LogP contribution is -2.36. The minimum atomic E-state index is -0.658. The molecule has 0 saturated carbocycles. The number of aromatic nitrogens is 2. The third kappa shape index (κ3) is 3.90. The summed E-state index contributed by atoms with van der Waals surface area (Å²) in [5, 5.41) is 6.48. The van der Waals surface area contributed by atoms with E-state index >= 15 is 0 Å². The number of fused-ring (bicyclic) bond motifs is 1. The number of benzene rings is 2. The van der Waals surface area contributed by atoms with Crippen molar-refractivity contribution in [3.8, 4) is 11.3 Å². The number of nitrogens with one attached hydrogen (secondary N) is 2. The molecular formula is C24H22N4O3S. The predicted octanol–water partition coefficient (Wildman–Crippen LogP) is 4.26. The molecule has 162 valence electrons. The zero-order chi connectivity index (χ0) is 22.1. The van der Waals surface area contributed by atoms with Crippen LogP contribution in [0.4, 0.5) is 10.8 Å². The number of ketones is 1. The highest BCUT2D eigenvalue weighted by Gasteiger charge is 2.23. The van der Waals surface area contributed by atoms with Crippen molar-refractivity contribution in [2.45, 2.75) is 6.92 Å². The van der Waals surface area contributed by atoms with E-state index in [4.69, 9.17) is 9.72 Å². The van der Waals surface area contributed by atoms with Crippen molar-refractivity contribution in [2.75, 3.05) is 36.5 Å². The van der Waals surface area contributed by atoms with Gasteiger partial charge >= 0.3 is 0 Å². The molecule has 1 amide bonds. The molecule has 0 spiro atoms.